The third-order valence-corrected chi connectivity index (χ3v) is 3.65. The van der Waals surface area contributed by atoms with Crippen molar-refractivity contribution in [3.05, 3.63) is 46.9 Å². The van der Waals surface area contributed by atoms with Gasteiger partial charge in [-0.2, -0.15) is 4.98 Å². The molecule has 2 aromatic rings. The van der Waals surface area contributed by atoms with Crippen molar-refractivity contribution in [1.82, 2.24) is 9.55 Å². The smallest absolute Gasteiger partial charge is 0.351 e. The lowest BCUT2D eigenvalue weighted by molar-refractivity contribution is -0.0549. The van der Waals surface area contributed by atoms with Crippen LogP contribution in [-0.2, 0) is 11.3 Å². The molecule has 4 atom stereocenters. The van der Waals surface area contributed by atoms with Crippen LogP contribution in [0.25, 0.3) is 0 Å². The standard InChI is InChI=1S/C14H17N3O6/c18-7-9-11(19)12(20)13(23-9)17-4-3-10(16-14(17)21)15-6-8-2-1-5-22-8/h1-5,9,11-13,18-20H,6-7H2,(H,15,16,21). The summed E-state index contributed by atoms with van der Waals surface area (Å²) in [5.41, 5.74) is -0.649. The number of rotatable bonds is 5. The predicted molar refractivity (Wildman–Crippen MR) is 77.5 cm³/mol. The van der Waals surface area contributed by atoms with Crippen LogP contribution in [-0.4, -0.2) is 49.8 Å². The van der Waals surface area contributed by atoms with Crippen molar-refractivity contribution in [3.8, 4) is 0 Å². The lowest BCUT2D eigenvalue weighted by Gasteiger charge is -2.17. The normalized spacial score (nSPS) is 27.3. The van der Waals surface area contributed by atoms with E-state index < -0.39 is 36.8 Å². The first-order chi connectivity index (χ1) is 11.1. The summed E-state index contributed by atoms with van der Waals surface area (Å²) in [7, 11) is 0. The number of nitrogens with one attached hydrogen (secondary N) is 1. The lowest BCUT2D eigenvalue weighted by atomic mass is 10.1. The van der Waals surface area contributed by atoms with Crippen LogP contribution < -0.4 is 11.0 Å². The molecule has 1 saturated heterocycles. The SMILES string of the molecule is O=c1nc(NCc2ccco2)ccn1C1OC(CO)C(O)C1O. The summed E-state index contributed by atoms with van der Waals surface area (Å²) < 4.78 is 11.5. The Labute approximate surface area is 130 Å². The average Bonchev–Trinajstić information content (AvgIpc) is 3.16. The van der Waals surface area contributed by atoms with Crippen molar-refractivity contribution >= 4 is 5.82 Å². The van der Waals surface area contributed by atoms with E-state index in [0.29, 0.717) is 18.1 Å². The molecule has 3 heterocycles. The number of nitrogens with zero attached hydrogens (tertiary/aromatic N) is 2. The highest BCUT2D eigenvalue weighted by Crippen LogP contribution is 2.28. The van der Waals surface area contributed by atoms with Gasteiger partial charge in [0.15, 0.2) is 6.23 Å². The van der Waals surface area contributed by atoms with Crippen LogP contribution in [0.5, 0.6) is 0 Å². The Morgan fingerprint density at radius 1 is 1.30 bits per heavy atom. The maximum atomic E-state index is 12.1. The molecule has 0 aromatic carbocycles. The number of aliphatic hydroxyl groups excluding tert-OH is 3. The third-order valence-electron chi connectivity index (χ3n) is 3.65. The highest BCUT2D eigenvalue weighted by Gasteiger charge is 2.43. The summed E-state index contributed by atoms with van der Waals surface area (Å²) in [5, 5.41) is 31.7. The molecule has 1 aliphatic heterocycles. The van der Waals surface area contributed by atoms with E-state index in [1.54, 1.807) is 24.5 Å². The fraction of sp³-hybridized carbons (Fsp3) is 0.429. The van der Waals surface area contributed by atoms with Crippen LogP contribution >= 0.6 is 0 Å². The quantitative estimate of drug-likeness (QED) is 0.555. The van der Waals surface area contributed by atoms with Crippen molar-refractivity contribution in [1.29, 1.82) is 0 Å². The van der Waals surface area contributed by atoms with Gasteiger partial charge in [-0.1, -0.05) is 0 Å². The minimum atomic E-state index is -1.33. The summed E-state index contributed by atoms with van der Waals surface area (Å²) in [4.78, 5) is 15.9. The number of hydrogen-bond donors (Lipinski definition) is 4. The molecular formula is C14H17N3O6. The van der Waals surface area contributed by atoms with E-state index in [9.17, 15) is 15.0 Å². The zero-order valence-electron chi connectivity index (χ0n) is 12.1. The van der Waals surface area contributed by atoms with Crippen LogP contribution in [0.1, 0.15) is 12.0 Å². The van der Waals surface area contributed by atoms with Crippen molar-refractivity contribution in [2.24, 2.45) is 0 Å². The first kappa shape index (κ1) is 15.7. The first-order valence-electron chi connectivity index (χ1n) is 7.08. The molecule has 1 aliphatic rings. The summed E-state index contributed by atoms with van der Waals surface area (Å²) in [6.07, 6.45) is -1.69. The first-order valence-corrected chi connectivity index (χ1v) is 7.08. The van der Waals surface area contributed by atoms with Crippen molar-refractivity contribution in [2.45, 2.75) is 31.1 Å². The zero-order valence-corrected chi connectivity index (χ0v) is 12.1. The molecule has 2 aromatic heterocycles. The monoisotopic (exact) mass is 323 g/mol. The van der Waals surface area contributed by atoms with Crippen molar-refractivity contribution < 1.29 is 24.5 Å². The third kappa shape index (κ3) is 3.13. The number of anilines is 1. The Morgan fingerprint density at radius 2 is 2.13 bits per heavy atom. The Bertz CT molecular complexity index is 701. The van der Waals surface area contributed by atoms with Crippen LogP contribution in [0.2, 0.25) is 0 Å². The molecule has 0 bridgehead atoms. The number of aliphatic hydroxyl groups is 3. The number of furan rings is 1. The van der Waals surface area contributed by atoms with Crippen molar-refractivity contribution in [2.75, 3.05) is 11.9 Å². The fourth-order valence-corrected chi connectivity index (χ4v) is 2.41. The van der Waals surface area contributed by atoms with E-state index in [1.807, 2.05) is 0 Å². The van der Waals surface area contributed by atoms with Gasteiger partial charge in [0, 0.05) is 6.20 Å². The number of ether oxygens (including phenoxy) is 1. The summed E-state index contributed by atoms with van der Waals surface area (Å²) in [6, 6.07) is 5.08. The maximum Gasteiger partial charge on any atom is 0.351 e. The Kier molecular flexibility index (Phi) is 4.44. The minimum absolute atomic E-state index is 0.342. The molecular weight excluding hydrogens is 306 g/mol. The van der Waals surface area contributed by atoms with Crippen LogP contribution in [0.3, 0.4) is 0 Å². The molecule has 23 heavy (non-hydrogen) atoms. The highest BCUT2D eigenvalue weighted by molar-refractivity contribution is 5.32. The second-order valence-corrected chi connectivity index (χ2v) is 5.16. The maximum absolute atomic E-state index is 12.1. The summed E-state index contributed by atoms with van der Waals surface area (Å²) in [5.74, 6) is 1.04. The molecule has 124 valence electrons. The second-order valence-electron chi connectivity index (χ2n) is 5.16. The van der Waals surface area contributed by atoms with Gasteiger partial charge in [0.25, 0.3) is 0 Å². The van der Waals surface area contributed by atoms with Gasteiger partial charge in [-0.3, -0.25) is 4.57 Å². The Balaban J connectivity index is 1.73. The van der Waals surface area contributed by atoms with Crippen LogP contribution in [0.4, 0.5) is 5.82 Å². The molecule has 4 N–H and O–H groups in total. The Hall–Kier alpha value is -2.20. The molecule has 9 heteroatoms. The van der Waals surface area contributed by atoms with Gasteiger partial charge >= 0.3 is 5.69 Å². The van der Waals surface area contributed by atoms with Gasteiger partial charge in [0.05, 0.1) is 19.4 Å². The molecule has 0 amide bonds. The second kappa shape index (κ2) is 6.50. The van der Waals surface area contributed by atoms with Gasteiger partial charge in [-0.15, -0.1) is 0 Å². The van der Waals surface area contributed by atoms with Gasteiger partial charge in [-0.25, -0.2) is 4.79 Å². The number of aromatic nitrogens is 2. The minimum Gasteiger partial charge on any atom is -0.467 e. The average molecular weight is 323 g/mol. The topological polar surface area (TPSA) is 130 Å². The van der Waals surface area contributed by atoms with E-state index in [0.717, 1.165) is 4.57 Å². The summed E-state index contributed by atoms with van der Waals surface area (Å²) in [6.45, 7) is -0.0863. The zero-order chi connectivity index (χ0) is 16.4. The van der Waals surface area contributed by atoms with Gasteiger partial charge in [-0.05, 0) is 18.2 Å². The van der Waals surface area contributed by atoms with E-state index in [1.165, 1.54) is 6.20 Å². The van der Waals surface area contributed by atoms with E-state index in [4.69, 9.17) is 14.3 Å². The van der Waals surface area contributed by atoms with Crippen molar-refractivity contribution in [3.63, 3.8) is 0 Å². The predicted octanol–water partition coefficient (Wildman–Crippen LogP) is -0.940. The summed E-state index contributed by atoms with van der Waals surface area (Å²) >= 11 is 0. The van der Waals surface area contributed by atoms with Crippen LogP contribution in [0, 0.1) is 0 Å². The molecule has 0 spiro atoms. The molecule has 1 fully saturated rings. The molecule has 0 saturated carbocycles. The highest BCUT2D eigenvalue weighted by atomic mass is 16.6. The Morgan fingerprint density at radius 3 is 2.74 bits per heavy atom. The molecule has 0 aliphatic carbocycles. The van der Waals surface area contributed by atoms with Gasteiger partial charge in [0.2, 0.25) is 0 Å². The fourth-order valence-electron chi connectivity index (χ4n) is 2.41. The number of hydrogen-bond acceptors (Lipinski definition) is 8. The molecule has 4 unspecified atom stereocenters. The lowest BCUT2D eigenvalue weighted by Crippen LogP contribution is -2.36. The van der Waals surface area contributed by atoms with Gasteiger partial charge in [0.1, 0.15) is 29.9 Å². The molecule has 0 radical (unpaired) electrons. The van der Waals surface area contributed by atoms with E-state index in [-0.39, 0.29) is 0 Å². The van der Waals surface area contributed by atoms with Crippen LogP contribution in [0.15, 0.2) is 39.9 Å². The molecule has 9 nitrogen and oxygen atoms in total. The molecule has 3 rings (SSSR count). The van der Waals surface area contributed by atoms with E-state index in [2.05, 4.69) is 10.3 Å². The van der Waals surface area contributed by atoms with E-state index >= 15 is 0 Å². The largest absolute Gasteiger partial charge is 0.467 e. The van der Waals surface area contributed by atoms with Gasteiger partial charge < -0.3 is 29.8 Å².